The Hall–Kier alpha value is -3.62. The first-order chi connectivity index (χ1) is 14.8. The topological polar surface area (TPSA) is 118 Å². The van der Waals surface area contributed by atoms with Crippen molar-refractivity contribution in [2.45, 2.75) is 51.9 Å². The molecule has 1 aromatic carbocycles. The molecule has 31 heavy (non-hydrogen) atoms. The van der Waals surface area contributed by atoms with Crippen molar-refractivity contribution in [2.24, 2.45) is 0 Å². The molecular formula is C22H24N6O3. The van der Waals surface area contributed by atoms with E-state index in [2.05, 4.69) is 25.7 Å². The Kier molecular flexibility index (Phi) is 5.26. The number of benzene rings is 1. The van der Waals surface area contributed by atoms with Gasteiger partial charge in [0.1, 0.15) is 0 Å². The third-order valence-corrected chi connectivity index (χ3v) is 5.77. The standard InChI is InChI=1S/C22H24N6O3/c1-4-22(10-9-18(29)26-20(22)31)15-5-7-16(8-6-15)24-19(30)12-17-25-21-23-13(2)11-14(3)28(21)27-17/h5-8,11H,4,9-10,12H2,1-3H3,(H,24,30)(H,26,29,31). The zero-order chi connectivity index (χ0) is 22.2. The Balaban J connectivity index is 1.46. The number of nitrogens with zero attached hydrogens (tertiary/aromatic N) is 4. The smallest absolute Gasteiger partial charge is 0.252 e. The molecule has 3 amide bonds. The van der Waals surface area contributed by atoms with Gasteiger partial charge in [0, 0.05) is 23.5 Å². The van der Waals surface area contributed by atoms with Gasteiger partial charge in [-0.3, -0.25) is 19.7 Å². The van der Waals surface area contributed by atoms with E-state index in [0.29, 0.717) is 36.6 Å². The zero-order valence-corrected chi connectivity index (χ0v) is 17.7. The minimum absolute atomic E-state index is 0.0208. The lowest BCUT2D eigenvalue weighted by Crippen LogP contribution is -2.51. The average Bonchev–Trinajstić information content (AvgIpc) is 3.11. The Labute approximate surface area is 179 Å². The van der Waals surface area contributed by atoms with Crippen molar-refractivity contribution in [3.63, 3.8) is 0 Å². The van der Waals surface area contributed by atoms with Crippen molar-refractivity contribution in [3.8, 4) is 0 Å². The van der Waals surface area contributed by atoms with Crippen molar-refractivity contribution < 1.29 is 14.4 Å². The van der Waals surface area contributed by atoms with E-state index in [1.807, 2.05) is 39.0 Å². The van der Waals surface area contributed by atoms with Crippen LogP contribution in [-0.4, -0.2) is 37.3 Å². The average molecular weight is 420 g/mol. The Bertz CT molecular complexity index is 1180. The first kappa shape index (κ1) is 20.6. The number of piperidine rings is 1. The van der Waals surface area contributed by atoms with Crippen LogP contribution < -0.4 is 10.6 Å². The predicted molar refractivity (Wildman–Crippen MR) is 113 cm³/mol. The van der Waals surface area contributed by atoms with E-state index >= 15 is 0 Å². The number of aromatic nitrogens is 4. The second-order valence-corrected chi connectivity index (χ2v) is 7.89. The summed E-state index contributed by atoms with van der Waals surface area (Å²) in [5.74, 6) is 0.117. The number of imide groups is 1. The highest BCUT2D eigenvalue weighted by Crippen LogP contribution is 2.36. The lowest BCUT2D eigenvalue weighted by Gasteiger charge is -2.35. The van der Waals surface area contributed by atoms with Crippen molar-refractivity contribution in [3.05, 3.63) is 53.1 Å². The first-order valence-electron chi connectivity index (χ1n) is 10.3. The first-order valence-corrected chi connectivity index (χ1v) is 10.3. The lowest BCUT2D eigenvalue weighted by molar-refractivity contribution is -0.138. The van der Waals surface area contributed by atoms with E-state index in [0.717, 1.165) is 17.0 Å². The monoisotopic (exact) mass is 420 g/mol. The third-order valence-electron chi connectivity index (χ3n) is 5.77. The molecule has 9 heteroatoms. The molecule has 1 saturated heterocycles. The largest absolute Gasteiger partial charge is 0.326 e. The van der Waals surface area contributed by atoms with Gasteiger partial charge in [-0.25, -0.2) is 9.50 Å². The highest BCUT2D eigenvalue weighted by molar-refractivity contribution is 6.03. The number of anilines is 1. The van der Waals surface area contributed by atoms with Gasteiger partial charge in [-0.2, -0.15) is 4.98 Å². The van der Waals surface area contributed by atoms with Gasteiger partial charge in [-0.1, -0.05) is 19.1 Å². The molecule has 0 aliphatic carbocycles. The second kappa shape index (κ2) is 7.90. The molecule has 1 aliphatic heterocycles. The molecule has 1 aliphatic rings. The van der Waals surface area contributed by atoms with E-state index in [1.165, 1.54) is 0 Å². The molecule has 1 atom stereocenters. The van der Waals surface area contributed by atoms with E-state index < -0.39 is 5.41 Å². The molecule has 160 valence electrons. The summed E-state index contributed by atoms with van der Waals surface area (Å²) in [6.07, 6.45) is 1.40. The van der Waals surface area contributed by atoms with Gasteiger partial charge < -0.3 is 5.32 Å². The fourth-order valence-corrected chi connectivity index (χ4v) is 4.07. The van der Waals surface area contributed by atoms with E-state index in [-0.39, 0.29) is 24.1 Å². The number of hydrogen-bond donors (Lipinski definition) is 2. The molecule has 1 fully saturated rings. The SMILES string of the molecule is CCC1(c2ccc(NC(=O)Cc3nc4nc(C)cc(C)n4n3)cc2)CCC(=O)NC1=O. The van der Waals surface area contributed by atoms with Gasteiger partial charge in [0.2, 0.25) is 17.7 Å². The van der Waals surface area contributed by atoms with E-state index in [4.69, 9.17) is 0 Å². The molecule has 2 N–H and O–H groups in total. The summed E-state index contributed by atoms with van der Waals surface area (Å²) in [6.45, 7) is 5.73. The molecule has 0 saturated carbocycles. The van der Waals surface area contributed by atoms with E-state index in [1.54, 1.807) is 16.6 Å². The lowest BCUT2D eigenvalue weighted by atomic mass is 9.72. The zero-order valence-electron chi connectivity index (χ0n) is 17.7. The van der Waals surface area contributed by atoms with Crippen LogP contribution in [0, 0.1) is 13.8 Å². The summed E-state index contributed by atoms with van der Waals surface area (Å²) in [4.78, 5) is 45.2. The molecule has 0 radical (unpaired) electrons. The molecule has 4 rings (SSSR count). The molecule has 0 spiro atoms. The number of carbonyl (C=O) groups is 3. The number of amides is 3. The number of fused-ring (bicyclic) bond motifs is 1. The molecule has 9 nitrogen and oxygen atoms in total. The summed E-state index contributed by atoms with van der Waals surface area (Å²) in [5, 5.41) is 9.64. The minimum atomic E-state index is -0.722. The molecule has 3 heterocycles. The van der Waals surface area contributed by atoms with Crippen molar-refractivity contribution in [1.29, 1.82) is 0 Å². The quantitative estimate of drug-likeness (QED) is 0.610. The molecule has 2 aromatic heterocycles. The molecular weight excluding hydrogens is 396 g/mol. The van der Waals surface area contributed by atoms with Crippen LogP contribution in [0.2, 0.25) is 0 Å². The maximum absolute atomic E-state index is 12.5. The summed E-state index contributed by atoms with van der Waals surface area (Å²) in [7, 11) is 0. The van der Waals surface area contributed by atoms with Crippen LogP contribution in [0.1, 0.15) is 49.0 Å². The summed E-state index contributed by atoms with van der Waals surface area (Å²) < 4.78 is 1.62. The van der Waals surface area contributed by atoms with Crippen LogP contribution in [0.4, 0.5) is 5.69 Å². The second-order valence-electron chi connectivity index (χ2n) is 7.89. The third kappa shape index (κ3) is 3.90. The van der Waals surface area contributed by atoms with Crippen molar-refractivity contribution in [2.75, 3.05) is 5.32 Å². The maximum Gasteiger partial charge on any atom is 0.252 e. The summed E-state index contributed by atoms with van der Waals surface area (Å²) in [5.41, 5.74) is 2.46. The number of carbonyl (C=O) groups excluding carboxylic acids is 3. The van der Waals surface area contributed by atoms with Crippen molar-refractivity contribution >= 4 is 29.2 Å². The van der Waals surface area contributed by atoms with Crippen LogP contribution in [0.25, 0.3) is 5.78 Å². The van der Waals surface area contributed by atoms with Crippen LogP contribution in [0.15, 0.2) is 30.3 Å². The molecule has 0 bridgehead atoms. The van der Waals surface area contributed by atoms with Gasteiger partial charge in [-0.05, 0) is 50.5 Å². The van der Waals surface area contributed by atoms with Gasteiger partial charge in [0.25, 0.3) is 5.78 Å². The van der Waals surface area contributed by atoms with Crippen LogP contribution in [0.3, 0.4) is 0 Å². The maximum atomic E-state index is 12.5. The Morgan fingerprint density at radius 2 is 1.94 bits per heavy atom. The number of rotatable bonds is 5. The van der Waals surface area contributed by atoms with Crippen LogP contribution in [0.5, 0.6) is 0 Å². The summed E-state index contributed by atoms with van der Waals surface area (Å²) in [6, 6.07) is 9.08. The van der Waals surface area contributed by atoms with Crippen LogP contribution in [-0.2, 0) is 26.2 Å². The predicted octanol–water partition coefficient (Wildman–Crippen LogP) is 2.01. The number of aryl methyl sites for hydroxylation is 2. The fraction of sp³-hybridized carbons (Fsp3) is 0.364. The van der Waals surface area contributed by atoms with Crippen molar-refractivity contribution in [1.82, 2.24) is 24.9 Å². The molecule has 1 unspecified atom stereocenters. The number of hydrogen-bond acceptors (Lipinski definition) is 6. The van der Waals surface area contributed by atoms with Crippen LogP contribution >= 0.6 is 0 Å². The minimum Gasteiger partial charge on any atom is -0.326 e. The van der Waals surface area contributed by atoms with Gasteiger partial charge >= 0.3 is 0 Å². The normalized spacial score (nSPS) is 18.8. The summed E-state index contributed by atoms with van der Waals surface area (Å²) >= 11 is 0. The van der Waals surface area contributed by atoms with Gasteiger partial charge in [0.15, 0.2) is 5.82 Å². The highest BCUT2D eigenvalue weighted by atomic mass is 16.2. The molecule has 3 aromatic rings. The highest BCUT2D eigenvalue weighted by Gasteiger charge is 2.42. The van der Waals surface area contributed by atoms with Gasteiger partial charge in [-0.15, -0.1) is 5.10 Å². The van der Waals surface area contributed by atoms with Gasteiger partial charge in [0.05, 0.1) is 11.8 Å². The Morgan fingerprint density at radius 1 is 1.19 bits per heavy atom. The van der Waals surface area contributed by atoms with E-state index in [9.17, 15) is 14.4 Å². The fourth-order valence-electron chi connectivity index (χ4n) is 4.07. The number of nitrogens with one attached hydrogen (secondary N) is 2. The Morgan fingerprint density at radius 3 is 2.61 bits per heavy atom.